The summed E-state index contributed by atoms with van der Waals surface area (Å²) < 4.78 is 27.5. The molecule has 2 aromatic heterocycles. The van der Waals surface area contributed by atoms with Gasteiger partial charge in [0, 0.05) is 18.8 Å². The van der Waals surface area contributed by atoms with Crippen molar-refractivity contribution in [2.24, 2.45) is 0 Å². The average molecular weight is 325 g/mol. The highest BCUT2D eigenvalue weighted by Gasteiger charge is 2.15. The number of pyridine rings is 1. The van der Waals surface area contributed by atoms with Gasteiger partial charge in [0.1, 0.15) is 11.3 Å². The highest BCUT2D eigenvalue weighted by molar-refractivity contribution is 7.89. The van der Waals surface area contributed by atoms with E-state index in [1.165, 1.54) is 0 Å². The van der Waals surface area contributed by atoms with Gasteiger partial charge in [0.2, 0.25) is 10.0 Å². The van der Waals surface area contributed by atoms with Gasteiger partial charge in [-0.05, 0) is 39.7 Å². The van der Waals surface area contributed by atoms with Crippen LogP contribution < -0.4 is 10.5 Å². The summed E-state index contributed by atoms with van der Waals surface area (Å²) in [5.41, 5.74) is 9.61. The van der Waals surface area contributed by atoms with Crippen molar-refractivity contribution in [1.29, 1.82) is 0 Å². The Bertz CT molecular complexity index is 795. The first-order valence-corrected chi connectivity index (χ1v) is 8.99. The minimum atomic E-state index is -3.14. The number of sulfonamides is 1. The molecule has 0 saturated carbocycles. The Morgan fingerprint density at radius 1 is 1.23 bits per heavy atom. The van der Waals surface area contributed by atoms with Crippen LogP contribution in [0.4, 0.5) is 5.82 Å². The zero-order valence-corrected chi connectivity index (χ0v) is 14.3. The number of hydrogen-bond acceptors (Lipinski definition) is 5. The number of hydrogen-bond donors (Lipinski definition) is 2. The maximum Gasteiger partial charge on any atom is 0.211 e. The average Bonchev–Trinajstić information content (AvgIpc) is 2.79. The van der Waals surface area contributed by atoms with Crippen LogP contribution in [0, 0.1) is 20.8 Å². The van der Waals surface area contributed by atoms with Crippen molar-refractivity contribution in [3.63, 3.8) is 0 Å². The number of rotatable bonds is 6. The molecule has 0 aliphatic carbocycles. The molecule has 0 atom stereocenters. The maximum atomic E-state index is 11.4. The lowest BCUT2D eigenvalue weighted by atomic mass is 10.2. The fourth-order valence-corrected chi connectivity index (χ4v) is 3.11. The molecule has 0 unspecified atom stereocenters. The second-order valence-corrected chi connectivity index (χ2v) is 7.46. The molecule has 2 heterocycles. The van der Waals surface area contributed by atoms with Crippen LogP contribution in [0.15, 0.2) is 0 Å². The lowest BCUT2D eigenvalue weighted by molar-refractivity contribution is 0.571. The summed E-state index contributed by atoms with van der Waals surface area (Å²) >= 11 is 0. The van der Waals surface area contributed by atoms with Gasteiger partial charge in [0.25, 0.3) is 0 Å². The van der Waals surface area contributed by atoms with Crippen LogP contribution in [0.5, 0.6) is 0 Å². The number of aromatic nitrogens is 3. The third kappa shape index (κ3) is 3.22. The molecule has 0 aliphatic heterocycles. The van der Waals surface area contributed by atoms with Gasteiger partial charge in [-0.15, -0.1) is 0 Å². The molecule has 0 aliphatic rings. The molecule has 7 nitrogen and oxygen atoms in total. The highest BCUT2D eigenvalue weighted by atomic mass is 32.2. The number of nitrogens with zero attached hydrogens (tertiary/aromatic N) is 3. The third-order valence-electron chi connectivity index (χ3n) is 3.85. The van der Waals surface area contributed by atoms with Crippen molar-refractivity contribution < 1.29 is 8.42 Å². The van der Waals surface area contributed by atoms with Crippen molar-refractivity contribution in [3.05, 3.63) is 17.1 Å². The van der Waals surface area contributed by atoms with Gasteiger partial charge in [-0.1, -0.05) is 0 Å². The van der Waals surface area contributed by atoms with E-state index in [0.29, 0.717) is 25.3 Å². The van der Waals surface area contributed by atoms with Gasteiger partial charge in [-0.3, -0.25) is 0 Å². The minimum absolute atomic E-state index is 0.0978. The molecule has 0 spiro atoms. The zero-order chi connectivity index (χ0) is 16.5. The van der Waals surface area contributed by atoms with Crippen molar-refractivity contribution in [3.8, 4) is 0 Å². The normalized spacial score (nSPS) is 12.2. The number of nitrogen functional groups attached to an aromatic ring is 1. The van der Waals surface area contributed by atoms with Crippen molar-refractivity contribution in [2.45, 2.75) is 40.7 Å². The first-order valence-electron chi connectivity index (χ1n) is 7.33. The predicted molar refractivity (Wildman–Crippen MR) is 88.2 cm³/mol. The van der Waals surface area contributed by atoms with Gasteiger partial charge in [-0.25, -0.2) is 23.1 Å². The summed E-state index contributed by atoms with van der Waals surface area (Å²) in [6.45, 7) is 8.56. The van der Waals surface area contributed by atoms with E-state index < -0.39 is 10.0 Å². The van der Waals surface area contributed by atoms with Crippen LogP contribution >= 0.6 is 0 Å². The van der Waals surface area contributed by atoms with Gasteiger partial charge in [-0.2, -0.15) is 0 Å². The first kappa shape index (κ1) is 16.7. The second-order valence-electron chi connectivity index (χ2n) is 5.37. The number of anilines is 1. The molecular weight excluding hydrogens is 302 g/mol. The Morgan fingerprint density at radius 3 is 2.55 bits per heavy atom. The number of nitrogens with two attached hydrogens (primary N) is 1. The molecule has 2 rings (SSSR count). The summed E-state index contributed by atoms with van der Waals surface area (Å²) in [4.78, 5) is 8.80. The molecule has 0 fully saturated rings. The Hall–Kier alpha value is -1.67. The number of imidazole rings is 1. The number of aryl methyl sites for hydroxylation is 4. The number of fused-ring (bicyclic) bond motifs is 1. The Kier molecular flexibility index (Phi) is 4.72. The number of nitrogens with one attached hydrogen (secondary N) is 1. The van der Waals surface area contributed by atoms with Crippen LogP contribution in [-0.2, 0) is 16.6 Å². The van der Waals surface area contributed by atoms with E-state index in [9.17, 15) is 8.42 Å². The van der Waals surface area contributed by atoms with Crippen molar-refractivity contribution in [2.75, 3.05) is 18.0 Å². The molecule has 0 radical (unpaired) electrons. The molecule has 0 amide bonds. The molecule has 122 valence electrons. The fourth-order valence-electron chi connectivity index (χ4n) is 2.45. The van der Waals surface area contributed by atoms with Gasteiger partial charge in [0.15, 0.2) is 5.82 Å². The molecule has 2 aromatic rings. The van der Waals surface area contributed by atoms with Crippen LogP contribution in [0.1, 0.15) is 30.4 Å². The maximum absolute atomic E-state index is 11.4. The van der Waals surface area contributed by atoms with E-state index in [1.54, 1.807) is 6.92 Å². The van der Waals surface area contributed by atoms with Crippen LogP contribution in [-0.4, -0.2) is 35.3 Å². The van der Waals surface area contributed by atoms with Crippen molar-refractivity contribution in [1.82, 2.24) is 19.3 Å². The van der Waals surface area contributed by atoms with Crippen LogP contribution in [0.3, 0.4) is 0 Å². The molecule has 0 aromatic carbocycles. The third-order valence-corrected chi connectivity index (χ3v) is 5.25. The lowest BCUT2D eigenvalue weighted by Gasteiger charge is -2.11. The summed E-state index contributed by atoms with van der Waals surface area (Å²) in [5.74, 6) is 1.39. The van der Waals surface area contributed by atoms with E-state index in [4.69, 9.17) is 5.73 Å². The van der Waals surface area contributed by atoms with Gasteiger partial charge >= 0.3 is 0 Å². The zero-order valence-electron chi connectivity index (χ0n) is 13.5. The molecular formula is C14H23N5O2S. The molecule has 0 bridgehead atoms. The van der Waals surface area contributed by atoms with Crippen molar-refractivity contribution >= 4 is 26.9 Å². The summed E-state index contributed by atoms with van der Waals surface area (Å²) in [7, 11) is -3.14. The van der Waals surface area contributed by atoms with Crippen LogP contribution in [0.2, 0.25) is 0 Å². The van der Waals surface area contributed by atoms with E-state index in [1.807, 2.05) is 20.8 Å². The van der Waals surface area contributed by atoms with E-state index in [-0.39, 0.29) is 5.75 Å². The first-order chi connectivity index (χ1) is 10.3. The summed E-state index contributed by atoms with van der Waals surface area (Å²) in [6, 6.07) is 0. The standard InChI is InChI=1S/C14H23N5O2S/c1-5-22(20,21)16-7-6-8-19-11(4)18-12-13(19)9(2)10(3)17-14(12)15/h16H,5-8H2,1-4H3,(H2,15,17). The minimum Gasteiger partial charge on any atom is -0.382 e. The van der Waals surface area contributed by atoms with E-state index >= 15 is 0 Å². The van der Waals surface area contributed by atoms with Gasteiger partial charge < -0.3 is 10.3 Å². The smallest absolute Gasteiger partial charge is 0.211 e. The molecule has 22 heavy (non-hydrogen) atoms. The Labute approximate surface area is 131 Å². The summed E-state index contributed by atoms with van der Waals surface area (Å²) in [5, 5.41) is 0. The quantitative estimate of drug-likeness (QED) is 0.779. The largest absolute Gasteiger partial charge is 0.382 e. The Morgan fingerprint density at radius 2 is 1.91 bits per heavy atom. The topological polar surface area (TPSA) is 103 Å². The lowest BCUT2D eigenvalue weighted by Crippen LogP contribution is -2.27. The van der Waals surface area contributed by atoms with Gasteiger partial charge in [0.05, 0.1) is 11.3 Å². The van der Waals surface area contributed by atoms with Crippen LogP contribution in [0.25, 0.3) is 11.0 Å². The highest BCUT2D eigenvalue weighted by Crippen LogP contribution is 2.25. The second kappa shape index (κ2) is 6.21. The molecule has 0 saturated heterocycles. The monoisotopic (exact) mass is 325 g/mol. The SMILES string of the molecule is CCS(=O)(=O)NCCCn1c(C)nc2c(N)nc(C)c(C)c21. The van der Waals surface area contributed by atoms with E-state index in [2.05, 4.69) is 19.3 Å². The fraction of sp³-hybridized carbons (Fsp3) is 0.571. The molecule has 8 heteroatoms. The predicted octanol–water partition coefficient (Wildman–Crippen LogP) is 1.27. The van der Waals surface area contributed by atoms with E-state index in [0.717, 1.165) is 28.1 Å². The molecule has 3 N–H and O–H groups in total. The Balaban J connectivity index is 2.23. The summed E-state index contributed by atoms with van der Waals surface area (Å²) in [6.07, 6.45) is 0.687.